The molecule has 1 saturated heterocycles. The Balaban J connectivity index is 1.66. The number of para-hydroxylation sites is 1. The first-order valence-corrected chi connectivity index (χ1v) is 11.0. The molecule has 0 radical (unpaired) electrons. The number of hydrogen-bond donors (Lipinski definition) is 1. The lowest BCUT2D eigenvalue weighted by Crippen LogP contribution is -2.47. The van der Waals surface area contributed by atoms with Crippen molar-refractivity contribution in [3.63, 3.8) is 0 Å². The minimum atomic E-state index is -0.534. The maximum Gasteiger partial charge on any atom is 0.295 e. The number of nitrogens with one attached hydrogen (secondary N) is 1. The molecular formula is C24H32N4O3. The van der Waals surface area contributed by atoms with Gasteiger partial charge >= 0.3 is 0 Å². The van der Waals surface area contributed by atoms with Gasteiger partial charge in [-0.2, -0.15) is 5.10 Å². The van der Waals surface area contributed by atoms with Crippen LogP contribution in [0.2, 0.25) is 0 Å². The van der Waals surface area contributed by atoms with E-state index in [0.29, 0.717) is 48.8 Å². The highest BCUT2D eigenvalue weighted by molar-refractivity contribution is 6.43. The number of aromatic nitrogens is 2. The standard InChI is InChI=1S/C24H32N4O3/c1-15(2)16(3)25-23(30)19-11-13-27(14-12-19)24(31)22(29)21-17(4)26-28(18(21)5)20-9-7-6-8-10-20/h6-10,15-16,19H,11-14H2,1-5H3,(H,25,30). The SMILES string of the molecule is Cc1nn(-c2ccccc2)c(C)c1C(=O)C(=O)N1CCC(C(=O)NC(C)C(C)C)CC1. The van der Waals surface area contributed by atoms with Crippen molar-refractivity contribution in [2.45, 2.75) is 53.5 Å². The molecule has 2 aromatic rings. The molecule has 1 aromatic heterocycles. The van der Waals surface area contributed by atoms with E-state index in [1.165, 1.54) is 0 Å². The molecule has 1 N–H and O–H groups in total. The highest BCUT2D eigenvalue weighted by Crippen LogP contribution is 2.22. The summed E-state index contributed by atoms with van der Waals surface area (Å²) >= 11 is 0. The number of rotatable bonds is 6. The van der Waals surface area contributed by atoms with E-state index < -0.39 is 11.7 Å². The average Bonchev–Trinajstić information content (AvgIpc) is 3.07. The molecule has 1 aromatic carbocycles. The molecule has 7 heteroatoms. The second kappa shape index (κ2) is 9.45. The van der Waals surface area contributed by atoms with Gasteiger partial charge in [0.2, 0.25) is 5.91 Å². The molecular weight excluding hydrogens is 392 g/mol. The summed E-state index contributed by atoms with van der Waals surface area (Å²) in [4.78, 5) is 40.0. The number of aryl methyl sites for hydroxylation is 1. The normalized spacial score (nSPS) is 15.7. The number of carbonyl (C=O) groups is 3. The fourth-order valence-electron chi connectivity index (χ4n) is 3.90. The van der Waals surface area contributed by atoms with Gasteiger partial charge in [-0.05, 0) is 51.7 Å². The lowest BCUT2D eigenvalue weighted by molar-refractivity contribution is -0.132. The topological polar surface area (TPSA) is 84.3 Å². The molecule has 0 aliphatic carbocycles. The molecule has 166 valence electrons. The van der Waals surface area contributed by atoms with Gasteiger partial charge in [-0.3, -0.25) is 14.4 Å². The van der Waals surface area contributed by atoms with Crippen LogP contribution < -0.4 is 5.32 Å². The van der Waals surface area contributed by atoms with Crippen LogP contribution in [0.25, 0.3) is 5.69 Å². The maximum atomic E-state index is 13.0. The molecule has 1 aliphatic heterocycles. The summed E-state index contributed by atoms with van der Waals surface area (Å²) < 4.78 is 1.70. The number of likely N-dealkylation sites (tertiary alicyclic amines) is 1. The third-order valence-corrected chi connectivity index (χ3v) is 6.24. The molecule has 1 fully saturated rings. The summed E-state index contributed by atoms with van der Waals surface area (Å²) in [5.41, 5.74) is 2.40. The number of ketones is 1. The Kier molecular flexibility index (Phi) is 6.93. The van der Waals surface area contributed by atoms with E-state index >= 15 is 0 Å². The minimum absolute atomic E-state index is 0.0375. The highest BCUT2D eigenvalue weighted by atomic mass is 16.2. The van der Waals surface area contributed by atoms with Crippen molar-refractivity contribution in [2.75, 3.05) is 13.1 Å². The first-order chi connectivity index (χ1) is 14.7. The third kappa shape index (κ3) is 4.86. The van der Waals surface area contributed by atoms with Crippen LogP contribution in [0.1, 0.15) is 55.4 Å². The summed E-state index contributed by atoms with van der Waals surface area (Å²) in [5.74, 6) is -0.770. The lowest BCUT2D eigenvalue weighted by atomic mass is 9.94. The fraction of sp³-hybridized carbons (Fsp3) is 0.500. The van der Waals surface area contributed by atoms with E-state index in [0.717, 1.165) is 5.69 Å². The lowest BCUT2D eigenvalue weighted by Gasteiger charge is -2.32. The molecule has 7 nitrogen and oxygen atoms in total. The molecule has 1 aliphatic rings. The van der Waals surface area contributed by atoms with Crippen molar-refractivity contribution < 1.29 is 14.4 Å². The Bertz CT molecular complexity index is 957. The predicted octanol–water partition coefficient (Wildman–Crippen LogP) is 3.07. The second-order valence-corrected chi connectivity index (χ2v) is 8.73. The summed E-state index contributed by atoms with van der Waals surface area (Å²) in [6.45, 7) is 10.5. The molecule has 1 unspecified atom stereocenters. The van der Waals surface area contributed by atoms with Crippen LogP contribution in [0.4, 0.5) is 0 Å². The van der Waals surface area contributed by atoms with Crippen molar-refractivity contribution in [3.05, 3.63) is 47.3 Å². The van der Waals surface area contributed by atoms with Gasteiger partial charge in [0.05, 0.1) is 22.6 Å². The van der Waals surface area contributed by atoms with Gasteiger partial charge in [-0.1, -0.05) is 32.0 Å². The molecule has 31 heavy (non-hydrogen) atoms. The third-order valence-electron chi connectivity index (χ3n) is 6.24. The molecule has 0 saturated carbocycles. The molecule has 3 rings (SSSR count). The molecule has 2 heterocycles. The quantitative estimate of drug-likeness (QED) is 0.571. The van der Waals surface area contributed by atoms with Gasteiger partial charge in [0.1, 0.15) is 0 Å². The summed E-state index contributed by atoms with van der Waals surface area (Å²) in [6, 6.07) is 9.65. The number of piperidine rings is 1. The highest BCUT2D eigenvalue weighted by Gasteiger charge is 2.33. The van der Waals surface area contributed by atoms with E-state index in [2.05, 4.69) is 24.3 Å². The fourth-order valence-corrected chi connectivity index (χ4v) is 3.90. The number of carbonyl (C=O) groups excluding carboxylic acids is 3. The van der Waals surface area contributed by atoms with Crippen LogP contribution in [-0.2, 0) is 9.59 Å². The zero-order valence-corrected chi connectivity index (χ0v) is 19.0. The van der Waals surface area contributed by atoms with Crippen molar-refractivity contribution in [1.29, 1.82) is 0 Å². The number of nitrogens with zero attached hydrogens (tertiary/aromatic N) is 3. The maximum absolute atomic E-state index is 13.0. The number of hydrogen-bond acceptors (Lipinski definition) is 4. The van der Waals surface area contributed by atoms with Crippen LogP contribution in [0.3, 0.4) is 0 Å². The molecule has 2 amide bonds. The van der Waals surface area contributed by atoms with Crippen LogP contribution in [0.15, 0.2) is 30.3 Å². The predicted molar refractivity (Wildman–Crippen MR) is 119 cm³/mol. The zero-order chi connectivity index (χ0) is 22.7. The average molecular weight is 425 g/mol. The Morgan fingerprint density at radius 2 is 1.65 bits per heavy atom. The molecule has 1 atom stereocenters. The smallest absolute Gasteiger partial charge is 0.295 e. The zero-order valence-electron chi connectivity index (χ0n) is 19.0. The first-order valence-electron chi connectivity index (χ1n) is 11.0. The van der Waals surface area contributed by atoms with Crippen LogP contribution in [0, 0.1) is 25.7 Å². The van der Waals surface area contributed by atoms with Crippen LogP contribution in [-0.4, -0.2) is 51.4 Å². The van der Waals surface area contributed by atoms with Gasteiger partial charge in [-0.25, -0.2) is 4.68 Å². The van der Waals surface area contributed by atoms with E-state index in [4.69, 9.17) is 0 Å². The van der Waals surface area contributed by atoms with Gasteiger partial charge in [0.25, 0.3) is 11.7 Å². The monoisotopic (exact) mass is 424 g/mol. The van der Waals surface area contributed by atoms with E-state index in [9.17, 15) is 14.4 Å². The molecule has 0 spiro atoms. The van der Waals surface area contributed by atoms with E-state index in [-0.39, 0.29) is 17.9 Å². The second-order valence-electron chi connectivity index (χ2n) is 8.73. The Morgan fingerprint density at radius 3 is 2.23 bits per heavy atom. The van der Waals surface area contributed by atoms with Crippen molar-refractivity contribution >= 4 is 17.6 Å². The van der Waals surface area contributed by atoms with Crippen LogP contribution >= 0.6 is 0 Å². The van der Waals surface area contributed by atoms with Gasteiger partial charge in [0, 0.05) is 25.0 Å². The minimum Gasteiger partial charge on any atom is -0.353 e. The number of benzene rings is 1. The van der Waals surface area contributed by atoms with Crippen molar-refractivity contribution in [2.24, 2.45) is 11.8 Å². The summed E-state index contributed by atoms with van der Waals surface area (Å²) in [5, 5.41) is 7.53. The summed E-state index contributed by atoms with van der Waals surface area (Å²) in [7, 11) is 0. The largest absolute Gasteiger partial charge is 0.353 e. The Hall–Kier alpha value is -2.96. The Morgan fingerprint density at radius 1 is 1.03 bits per heavy atom. The van der Waals surface area contributed by atoms with Gasteiger partial charge < -0.3 is 10.2 Å². The van der Waals surface area contributed by atoms with Crippen LogP contribution in [0.5, 0.6) is 0 Å². The summed E-state index contributed by atoms with van der Waals surface area (Å²) in [6.07, 6.45) is 1.13. The number of amides is 2. The van der Waals surface area contributed by atoms with Gasteiger partial charge in [-0.15, -0.1) is 0 Å². The van der Waals surface area contributed by atoms with Crippen molar-refractivity contribution in [1.82, 2.24) is 20.0 Å². The van der Waals surface area contributed by atoms with Crippen molar-refractivity contribution in [3.8, 4) is 5.69 Å². The first kappa shape index (κ1) is 22.7. The Labute approximate surface area is 183 Å². The number of Topliss-reactive ketones (excluding diaryl/α,β-unsaturated/α-hetero) is 1. The van der Waals surface area contributed by atoms with E-state index in [1.807, 2.05) is 37.3 Å². The molecule has 0 bridgehead atoms. The van der Waals surface area contributed by atoms with Gasteiger partial charge in [0.15, 0.2) is 0 Å². The van der Waals surface area contributed by atoms with E-state index in [1.54, 1.807) is 23.4 Å².